The molecule has 1 spiro atoms. The van der Waals surface area contributed by atoms with Crippen LogP contribution in [0.4, 0.5) is 13.2 Å². The number of rotatable bonds is 9. The third kappa shape index (κ3) is 5.15. The Morgan fingerprint density at radius 1 is 1.11 bits per heavy atom. The van der Waals surface area contributed by atoms with Crippen LogP contribution in [0.25, 0.3) is 6.08 Å². The fourth-order valence-corrected chi connectivity index (χ4v) is 8.93. The summed E-state index contributed by atoms with van der Waals surface area (Å²) in [6.07, 6.45) is 3.04. The van der Waals surface area contributed by atoms with Crippen molar-refractivity contribution in [2.45, 2.75) is 73.9 Å². The Labute approximate surface area is 272 Å². The molecule has 5 atom stereocenters. The fraction of sp³-hybridized carbons (Fsp3) is 0.395. The molecular weight excluding hydrogens is 605 g/mol. The molecule has 2 N–H and O–H groups in total. The van der Waals surface area contributed by atoms with Crippen LogP contribution in [-0.2, 0) is 29.2 Å². The Morgan fingerprint density at radius 2 is 1.91 bits per heavy atom. The van der Waals surface area contributed by atoms with Gasteiger partial charge in [-0.3, -0.25) is 9.69 Å². The Hall–Kier alpha value is -4.08. The van der Waals surface area contributed by atoms with E-state index in [1.807, 2.05) is 42.5 Å². The van der Waals surface area contributed by atoms with Gasteiger partial charge in [0.15, 0.2) is 11.5 Å². The molecule has 9 heteroatoms. The molecule has 2 aliphatic carbocycles. The van der Waals surface area contributed by atoms with Gasteiger partial charge in [0.2, 0.25) is 5.91 Å². The van der Waals surface area contributed by atoms with Gasteiger partial charge in [0.25, 0.3) is 0 Å². The van der Waals surface area contributed by atoms with Crippen LogP contribution in [0.15, 0.2) is 85.5 Å². The van der Waals surface area contributed by atoms with Crippen molar-refractivity contribution in [2.75, 3.05) is 19.6 Å². The van der Waals surface area contributed by atoms with E-state index in [1.54, 1.807) is 17.0 Å². The number of carbonyl (C=O) groups excluding carboxylic acids is 1. The zero-order valence-electron chi connectivity index (χ0n) is 26.1. The Kier molecular flexibility index (Phi) is 7.96. The molecule has 4 aliphatic rings. The van der Waals surface area contributed by atoms with E-state index in [0.29, 0.717) is 57.5 Å². The number of aromatic hydroxyl groups is 1. The highest BCUT2D eigenvalue weighted by Gasteiger charge is 2.73. The lowest BCUT2D eigenvalue weighted by Gasteiger charge is -2.64. The summed E-state index contributed by atoms with van der Waals surface area (Å²) >= 11 is 0. The second-order valence-electron chi connectivity index (χ2n) is 13.3. The van der Waals surface area contributed by atoms with Crippen molar-refractivity contribution in [3.8, 4) is 11.5 Å². The maximum atomic E-state index is 14.1. The second kappa shape index (κ2) is 11.9. The molecule has 2 aliphatic heterocycles. The van der Waals surface area contributed by atoms with Crippen LogP contribution in [0.1, 0.15) is 53.5 Å². The minimum atomic E-state index is -4.49. The van der Waals surface area contributed by atoms with Crippen LogP contribution in [0, 0.1) is 0 Å². The summed E-state index contributed by atoms with van der Waals surface area (Å²) in [5, 5.41) is 23.8. The molecule has 0 aromatic heterocycles. The number of alkyl halides is 3. The smallest absolute Gasteiger partial charge is 0.416 e. The molecule has 1 amide bonds. The molecule has 1 saturated carbocycles. The van der Waals surface area contributed by atoms with E-state index in [4.69, 9.17) is 4.74 Å². The molecule has 0 radical (unpaired) electrons. The standard InChI is InChI=1S/C38H39F3N2O4/c1-2-20-42-22-19-36-33-27-14-15-30(44)34(33)47-35(36)29(17-18-37(36,46)31(42)24-27)43(21-7-11-25-8-4-3-5-9-25)32(45)16-13-26-10-6-12-28(23-26)38(39,40)41/h2-6,8-10,12-16,23,29,31,35,44,46H,1,7,11,17-22,24H2/t29-,31-,35+,36+,37-/m1/s1. The zero-order chi connectivity index (χ0) is 33.0. The Morgan fingerprint density at radius 3 is 2.68 bits per heavy atom. The van der Waals surface area contributed by atoms with Gasteiger partial charge in [-0.25, -0.2) is 0 Å². The summed E-state index contributed by atoms with van der Waals surface area (Å²) in [5.74, 6) is 0.0828. The molecular formula is C38H39F3N2O4. The highest BCUT2D eigenvalue weighted by atomic mass is 19.4. The van der Waals surface area contributed by atoms with Gasteiger partial charge < -0.3 is 19.8 Å². The predicted octanol–water partition coefficient (Wildman–Crippen LogP) is 6.29. The van der Waals surface area contributed by atoms with Gasteiger partial charge in [-0.1, -0.05) is 54.6 Å². The van der Waals surface area contributed by atoms with Gasteiger partial charge in [0.05, 0.1) is 22.6 Å². The van der Waals surface area contributed by atoms with Crippen molar-refractivity contribution in [1.29, 1.82) is 0 Å². The van der Waals surface area contributed by atoms with Crippen LogP contribution >= 0.6 is 0 Å². The largest absolute Gasteiger partial charge is 0.504 e. The van der Waals surface area contributed by atoms with Crippen molar-refractivity contribution >= 4 is 12.0 Å². The summed E-state index contributed by atoms with van der Waals surface area (Å²) < 4.78 is 46.9. The van der Waals surface area contributed by atoms with Gasteiger partial charge in [-0.15, -0.1) is 6.58 Å². The molecule has 3 aromatic rings. The lowest BCUT2D eigenvalue weighted by molar-refractivity contribution is -0.199. The second-order valence-corrected chi connectivity index (χ2v) is 13.3. The Balaban J connectivity index is 1.25. The van der Waals surface area contributed by atoms with Crippen LogP contribution in [0.3, 0.4) is 0 Å². The van der Waals surface area contributed by atoms with Gasteiger partial charge in [0, 0.05) is 30.8 Å². The van der Waals surface area contributed by atoms with Gasteiger partial charge in [0.1, 0.15) is 6.10 Å². The number of phenols is 1. The summed E-state index contributed by atoms with van der Waals surface area (Å²) in [6, 6.07) is 17.9. The highest BCUT2D eigenvalue weighted by molar-refractivity contribution is 5.92. The van der Waals surface area contributed by atoms with Crippen molar-refractivity contribution in [2.24, 2.45) is 0 Å². The van der Waals surface area contributed by atoms with E-state index in [1.165, 1.54) is 18.2 Å². The van der Waals surface area contributed by atoms with E-state index in [-0.39, 0.29) is 23.3 Å². The van der Waals surface area contributed by atoms with Gasteiger partial charge >= 0.3 is 6.18 Å². The van der Waals surface area contributed by atoms with Crippen molar-refractivity contribution in [3.05, 3.63) is 113 Å². The van der Waals surface area contributed by atoms with E-state index in [2.05, 4.69) is 11.5 Å². The van der Waals surface area contributed by atoms with E-state index < -0.39 is 34.9 Å². The maximum absolute atomic E-state index is 14.1. The summed E-state index contributed by atoms with van der Waals surface area (Å²) in [7, 11) is 0. The van der Waals surface area contributed by atoms with Crippen LogP contribution in [0.5, 0.6) is 11.5 Å². The number of likely N-dealkylation sites (tertiary alicyclic amines) is 1. The number of phenolic OH excluding ortho intramolecular Hbond substituents is 1. The summed E-state index contributed by atoms with van der Waals surface area (Å²) in [6.45, 7) is 5.68. The number of nitrogens with zero attached hydrogens (tertiary/aromatic N) is 2. The maximum Gasteiger partial charge on any atom is 0.416 e. The SMILES string of the molecule is C=CCN1CC[C@]23c4c5ccc(O)c4O[C@H]2[C@H](N(CCCc2ccccc2)C(=O)C=Cc2cccc(C(F)(F)F)c2)CC[C@@]3(O)[C@H]1C5. The number of aliphatic hydroxyl groups is 1. The number of amides is 1. The number of ether oxygens (including phenoxy) is 1. The highest BCUT2D eigenvalue weighted by Crippen LogP contribution is 2.65. The van der Waals surface area contributed by atoms with Crippen molar-refractivity contribution < 1.29 is 32.9 Å². The van der Waals surface area contributed by atoms with Crippen LogP contribution in [0.2, 0.25) is 0 Å². The number of aryl methyl sites for hydroxylation is 1. The van der Waals surface area contributed by atoms with E-state index in [9.17, 15) is 28.2 Å². The molecule has 3 aromatic carbocycles. The van der Waals surface area contributed by atoms with Crippen LogP contribution in [-0.4, -0.2) is 69.3 Å². The quantitative estimate of drug-likeness (QED) is 0.212. The van der Waals surface area contributed by atoms with Crippen LogP contribution < -0.4 is 4.74 Å². The number of hydrogen-bond acceptors (Lipinski definition) is 5. The number of halogens is 3. The van der Waals surface area contributed by atoms with Gasteiger partial charge in [-0.2, -0.15) is 13.2 Å². The molecule has 47 heavy (non-hydrogen) atoms. The molecule has 2 heterocycles. The third-order valence-electron chi connectivity index (χ3n) is 10.9. The first-order valence-electron chi connectivity index (χ1n) is 16.4. The average molecular weight is 645 g/mol. The number of hydrogen-bond donors (Lipinski definition) is 2. The minimum Gasteiger partial charge on any atom is -0.504 e. The van der Waals surface area contributed by atoms with Gasteiger partial charge in [-0.05, 0) is 86.0 Å². The molecule has 6 nitrogen and oxygen atoms in total. The third-order valence-corrected chi connectivity index (χ3v) is 10.9. The average Bonchev–Trinajstić information content (AvgIpc) is 3.41. The first kappa shape index (κ1) is 31.5. The normalized spacial score (nSPS) is 27.7. The lowest BCUT2D eigenvalue weighted by Crippen LogP contribution is -2.78. The molecule has 246 valence electrons. The lowest BCUT2D eigenvalue weighted by atomic mass is 9.48. The molecule has 0 unspecified atom stereocenters. The fourth-order valence-electron chi connectivity index (χ4n) is 8.93. The molecule has 7 rings (SSSR count). The minimum absolute atomic E-state index is 0.0204. The van der Waals surface area contributed by atoms with E-state index >= 15 is 0 Å². The number of benzene rings is 3. The van der Waals surface area contributed by atoms with Crippen molar-refractivity contribution in [1.82, 2.24) is 9.80 Å². The molecule has 1 saturated heterocycles. The topological polar surface area (TPSA) is 73.2 Å². The van der Waals surface area contributed by atoms with E-state index in [0.717, 1.165) is 35.2 Å². The molecule has 2 bridgehead atoms. The summed E-state index contributed by atoms with van der Waals surface area (Å²) in [4.78, 5) is 18.2. The number of carbonyl (C=O) groups is 1. The first-order valence-corrected chi connectivity index (χ1v) is 16.4. The van der Waals surface area contributed by atoms with Crippen molar-refractivity contribution in [3.63, 3.8) is 0 Å². The first-order chi connectivity index (χ1) is 22.6. The zero-order valence-corrected chi connectivity index (χ0v) is 26.1. The molecule has 2 fully saturated rings. The number of piperidine rings is 1. The Bertz CT molecular complexity index is 1710. The monoisotopic (exact) mass is 644 g/mol. The summed E-state index contributed by atoms with van der Waals surface area (Å²) in [5.41, 5.74) is 0.560. The predicted molar refractivity (Wildman–Crippen MR) is 173 cm³/mol.